The minimum absolute atomic E-state index is 0.232. The van der Waals surface area contributed by atoms with Gasteiger partial charge in [0, 0.05) is 0 Å². The Morgan fingerprint density at radius 1 is 1.65 bits per heavy atom. The second kappa shape index (κ2) is 5.69. The monoisotopic (exact) mass is 252 g/mol. The van der Waals surface area contributed by atoms with Crippen LogP contribution in [-0.2, 0) is 4.74 Å². The summed E-state index contributed by atoms with van der Waals surface area (Å²) in [5.41, 5.74) is 0.401. The fraction of sp³-hybridized carbons (Fsp3) is 0.500. The van der Waals surface area contributed by atoms with E-state index in [-0.39, 0.29) is 12.5 Å². The van der Waals surface area contributed by atoms with Crippen molar-refractivity contribution < 1.29 is 9.53 Å². The first-order valence-corrected chi connectivity index (χ1v) is 6.25. The molecule has 1 aromatic rings. The Balaban J connectivity index is 2.63. The van der Waals surface area contributed by atoms with Gasteiger partial charge in [-0.3, -0.25) is 0 Å². The summed E-state index contributed by atoms with van der Waals surface area (Å²) in [7, 11) is 0. The molecule has 92 valence electrons. The number of hydrogen-bond donors (Lipinski definition) is 1. The van der Waals surface area contributed by atoms with E-state index in [1.165, 1.54) is 11.3 Å². The number of nitrogens with one attached hydrogen (secondary N) is 1. The van der Waals surface area contributed by atoms with Crippen molar-refractivity contribution in [2.45, 2.75) is 38.8 Å². The van der Waals surface area contributed by atoms with Crippen LogP contribution in [0.5, 0.6) is 0 Å². The number of nitriles is 1. The van der Waals surface area contributed by atoms with Gasteiger partial charge in [-0.05, 0) is 43.2 Å². The first-order chi connectivity index (χ1) is 7.92. The molecule has 4 nitrogen and oxygen atoms in total. The number of ether oxygens (including phenoxy) is 1. The molecule has 0 aliphatic rings. The number of rotatable bonds is 3. The first-order valence-electron chi connectivity index (χ1n) is 5.31. The van der Waals surface area contributed by atoms with Crippen LogP contribution >= 0.6 is 11.3 Å². The number of amides is 1. The molecule has 1 rings (SSSR count). The Kier molecular flexibility index (Phi) is 4.53. The molecule has 1 aromatic heterocycles. The number of carbonyl (C=O) groups is 1. The van der Waals surface area contributed by atoms with Crippen LogP contribution in [0.2, 0.25) is 0 Å². The van der Waals surface area contributed by atoms with Crippen LogP contribution < -0.4 is 5.32 Å². The van der Waals surface area contributed by atoms with Crippen LogP contribution in [0.1, 0.15) is 38.8 Å². The third-order valence-corrected chi connectivity index (χ3v) is 2.63. The molecular formula is C12H16N2O2S. The fourth-order valence-corrected chi connectivity index (χ4v) is 1.98. The molecule has 1 N–H and O–H groups in total. The first kappa shape index (κ1) is 13.5. The van der Waals surface area contributed by atoms with Crippen molar-refractivity contribution in [1.82, 2.24) is 5.32 Å². The quantitative estimate of drug-likeness (QED) is 0.898. The van der Waals surface area contributed by atoms with Gasteiger partial charge in [0.15, 0.2) is 0 Å². The number of alkyl carbamates (subject to hydrolysis) is 1. The third-order valence-electron chi connectivity index (χ3n) is 1.93. The minimum atomic E-state index is -0.532. The van der Waals surface area contributed by atoms with E-state index in [0.29, 0.717) is 0 Å². The van der Waals surface area contributed by atoms with E-state index >= 15 is 0 Å². The van der Waals surface area contributed by atoms with Crippen LogP contribution in [0.15, 0.2) is 16.8 Å². The smallest absolute Gasteiger partial charge is 0.408 e. The predicted molar refractivity (Wildman–Crippen MR) is 66.7 cm³/mol. The van der Waals surface area contributed by atoms with Gasteiger partial charge < -0.3 is 10.1 Å². The van der Waals surface area contributed by atoms with Crippen molar-refractivity contribution in [3.63, 3.8) is 0 Å². The summed E-state index contributed by atoms with van der Waals surface area (Å²) < 4.78 is 5.16. The van der Waals surface area contributed by atoms with Crippen LogP contribution in [0.4, 0.5) is 4.79 Å². The van der Waals surface area contributed by atoms with Gasteiger partial charge >= 0.3 is 6.09 Å². The van der Waals surface area contributed by atoms with Gasteiger partial charge in [-0.15, -0.1) is 0 Å². The summed E-state index contributed by atoms with van der Waals surface area (Å²) in [6, 6.07) is 3.65. The maximum Gasteiger partial charge on any atom is 0.408 e. The zero-order chi connectivity index (χ0) is 12.9. The highest BCUT2D eigenvalue weighted by Gasteiger charge is 2.20. The molecule has 5 heteroatoms. The van der Waals surface area contributed by atoms with E-state index < -0.39 is 11.7 Å². The summed E-state index contributed by atoms with van der Waals surface area (Å²) in [4.78, 5) is 11.6. The Morgan fingerprint density at radius 2 is 2.35 bits per heavy atom. The SMILES string of the molecule is CC(C)(C)OC(=O)NC(CC#N)c1ccsc1. The Hall–Kier alpha value is -1.54. The van der Waals surface area contributed by atoms with Gasteiger partial charge in [-0.2, -0.15) is 16.6 Å². The van der Waals surface area contributed by atoms with E-state index in [9.17, 15) is 4.79 Å². The van der Waals surface area contributed by atoms with Gasteiger partial charge in [0.2, 0.25) is 0 Å². The second-order valence-electron chi connectivity index (χ2n) is 4.62. The van der Waals surface area contributed by atoms with Crippen LogP contribution in [-0.4, -0.2) is 11.7 Å². The molecule has 0 saturated heterocycles. The molecule has 1 atom stereocenters. The Labute approximate surface area is 105 Å². The van der Waals surface area contributed by atoms with Gasteiger partial charge in [0.25, 0.3) is 0 Å². The summed E-state index contributed by atoms with van der Waals surface area (Å²) in [6.45, 7) is 5.41. The van der Waals surface area contributed by atoms with E-state index in [4.69, 9.17) is 10.00 Å². The average molecular weight is 252 g/mol. The Morgan fingerprint density at radius 3 is 2.82 bits per heavy atom. The van der Waals surface area contributed by atoms with Crippen molar-refractivity contribution in [2.24, 2.45) is 0 Å². The van der Waals surface area contributed by atoms with Gasteiger partial charge in [0.05, 0.1) is 18.5 Å². The maximum absolute atomic E-state index is 11.6. The molecule has 0 radical (unpaired) electrons. The van der Waals surface area contributed by atoms with Crippen LogP contribution in [0, 0.1) is 11.3 Å². The summed E-state index contributed by atoms with van der Waals surface area (Å²) in [5.74, 6) is 0. The normalized spacial score (nSPS) is 12.6. The lowest BCUT2D eigenvalue weighted by molar-refractivity contribution is 0.0504. The number of hydrogen-bond acceptors (Lipinski definition) is 4. The summed E-state index contributed by atoms with van der Waals surface area (Å²) in [5, 5.41) is 15.3. The second-order valence-corrected chi connectivity index (χ2v) is 5.40. The highest BCUT2D eigenvalue weighted by molar-refractivity contribution is 7.07. The van der Waals surface area contributed by atoms with E-state index in [0.717, 1.165) is 5.56 Å². The van der Waals surface area contributed by atoms with Crippen molar-refractivity contribution in [1.29, 1.82) is 5.26 Å². The number of thiophene rings is 1. The zero-order valence-electron chi connectivity index (χ0n) is 10.2. The molecule has 0 spiro atoms. The van der Waals surface area contributed by atoms with Gasteiger partial charge in [0.1, 0.15) is 5.60 Å². The van der Waals surface area contributed by atoms with Crippen LogP contribution in [0.25, 0.3) is 0 Å². The molecule has 17 heavy (non-hydrogen) atoms. The van der Waals surface area contributed by atoms with Crippen molar-refractivity contribution in [2.75, 3.05) is 0 Å². The molecule has 0 aromatic carbocycles. The van der Waals surface area contributed by atoms with Crippen molar-refractivity contribution in [3.05, 3.63) is 22.4 Å². The molecule has 0 aliphatic carbocycles. The zero-order valence-corrected chi connectivity index (χ0v) is 11.0. The summed E-state index contributed by atoms with van der Waals surface area (Å²) >= 11 is 1.53. The third kappa shape index (κ3) is 4.87. The standard InChI is InChI=1S/C12H16N2O2S/c1-12(2,3)16-11(15)14-10(4-6-13)9-5-7-17-8-9/h5,7-8,10H,4H2,1-3H3,(H,14,15). The fourth-order valence-electron chi connectivity index (χ4n) is 1.27. The lowest BCUT2D eigenvalue weighted by Crippen LogP contribution is -2.34. The summed E-state index contributed by atoms with van der Waals surface area (Å²) in [6.07, 6.45) is -0.264. The topological polar surface area (TPSA) is 62.1 Å². The number of carbonyl (C=O) groups excluding carboxylic acids is 1. The van der Waals surface area contributed by atoms with Gasteiger partial charge in [-0.1, -0.05) is 0 Å². The largest absolute Gasteiger partial charge is 0.444 e. The molecule has 0 bridgehead atoms. The lowest BCUT2D eigenvalue weighted by atomic mass is 10.1. The number of nitrogens with zero attached hydrogens (tertiary/aromatic N) is 1. The maximum atomic E-state index is 11.6. The molecule has 0 fully saturated rings. The van der Waals surface area contributed by atoms with Crippen molar-refractivity contribution >= 4 is 17.4 Å². The Bertz CT molecular complexity index is 401. The predicted octanol–water partition coefficient (Wildman–Crippen LogP) is 3.23. The highest BCUT2D eigenvalue weighted by Crippen LogP contribution is 2.20. The minimum Gasteiger partial charge on any atom is -0.444 e. The van der Waals surface area contributed by atoms with E-state index in [1.807, 2.05) is 16.8 Å². The van der Waals surface area contributed by atoms with Crippen molar-refractivity contribution in [3.8, 4) is 6.07 Å². The molecule has 1 amide bonds. The van der Waals surface area contributed by atoms with E-state index in [1.54, 1.807) is 20.8 Å². The molecule has 1 unspecified atom stereocenters. The lowest BCUT2D eigenvalue weighted by Gasteiger charge is -2.22. The van der Waals surface area contributed by atoms with Crippen LogP contribution in [0.3, 0.4) is 0 Å². The molecular weight excluding hydrogens is 236 g/mol. The average Bonchev–Trinajstić information content (AvgIpc) is 2.66. The van der Waals surface area contributed by atoms with Gasteiger partial charge in [-0.25, -0.2) is 4.79 Å². The molecule has 1 heterocycles. The highest BCUT2D eigenvalue weighted by atomic mass is 32.1. The molecule has 0 saturated carbocycles. The molecule has 0 aliphatic heterocycles. The van der Waals surface area contributed by atoms with E-state index in [2.05, 4.69) is 11.4 Å².